The van der Waals surface area contributed by atoms with Crippen LogP contribution in [0.3, 0.4) is 0 Å². The molecule has 1 aliphatic carbocycles. The van der Waals surface area contributed by atoms with E-state index in [1.165, 1.54) is 57.8 Å². The molecule has 3 nitrogen and oxygen atoms in total. The van der Waals surface area contributed by atoms with Crippen LogP contribution < -0.4 is 11.3 Å². The lowest BCUT2D eigenvalue weighted by atomic mass is 9.73. The van der Waals surface area contributed by atoms with E-state index in [1.54, 1.807) is 0 Å². The smallest absolute Gasteiger partial charge is 0.0685 e. The van der Waals surface area contributed by atoms with Crippen molar-refractivity contribution < 1.29 is 4.74 Å². The van der Waals surface area contributed by atoms with Gasteiger partial charge in [-0.15, -0.1) is 0 Å². The fourth-order valence-corrected chi connectivity index (χ4v) is 3.72. The van der Waals surface area contributed by atoms with Crippen molar-refractivity contribution in [2.24, 2.45) is 11.8 Å². The minimum Gasteiger partial charge on any atom is -0.375 e. The topological polar surface area (TPSA) is 47.3 Å². The molecule has 2 unspecified atom stereocenters. The summed E-state index contributed by atoms with van der Waals surface area (Å²) in [5, 5.41) is 0. The molecule has 0 aromatic carbocycles. The lowest BCUT2D eigenvalue weighted by molar-refractivity contribution is -0.122. The first-order chi connectivity index (χ1) is 8.29. The summed E-state index contributed by atoms with van der Waals surface area (Å²) < 4.78 is 6.14. The number of hydrogen-bond acceptors (Lipinski definition) is 3. The van der Waals surface area contributed by atoms with E-state index in [2.05, 4.69) is 12.3 Å². The Kier molecular flexibility index (Phi) is 4.83. The van der Waals surface area contributed by atoms with Gasteiger partial charge in [0, 0.05) is 12.6 Å². The summed E-state index contributed by atoms with van der Waals surface area (Å²) in [6.45, 7) is 3.17. The van der Waals surface area contributed by atoms with E-state index in [0.717, 1.165) is 6.61 Å². The van der Waals surface area contributed by atoms with Crippen molar-refractivity contribution in [3.63, 3.8) is 0 Å². The molecule has 17 heavy (non-hydrogen) atoms. The summed E-state index contributed by atoms with van der Waals surface area (Å²) in [4.78, 5) is 0. The summed E-state index contributed by atoms with van der Waals surface area (Å²) in [6, 6.07) is 0.489. The Balaban J connectivity index is 1.95. The monoisotopic (exact) mass is 240 g/mol. The fourth-order valence-electron chi connectivity index (χ4n) is 3.72. The summed E-state index contributed by atoms with van der Waals surface area (Å²) in [5.41, 5.74) is 3.25. The maximum atomic E-state index is 6.14. The van der Waals surface area contributed by atoms with Crippen LogP contribution in [0.25, 0.3) is 0 Å². The zero-order valence-corrected chi connectivity index (χ0v) is 11.2. The molecule has 1 heterocycles. The van der Waals surface area contributed by atoms with Gasteiger partial charge in [0.15, 0.2) is 0 Å². The van der Waals surface area contributed by atoms with Gasteiger partial charge >= 0.3 is 0 Å². The molecule has 1 aliphatic heterocycles. The minimum absolute atomic E-state index is 0.212. The van der Waals surface area contributed by atoms with Crippen molar-refractivity contribution >= 4 is 0 Å². The van der Waals surface area contributed by atoms with Crippen molar-refractivity contribution in [3.8, 4) is 0 Å². The van der Waals surface area contributed by atoms with Gasteiger partial charge in [-0.25, -0.2) is 0 Å². The SMILES string of the molecule is CCCC(NN)C1CCOC2(CCCCC2)C1. The molecule has 0 bridgehead atoms. The van der Waals surface area contributed by atoms with E-state index in [0.29, 0.717) is 12.0 Å². The van der Waals surface area contributed by atoms with Crippen LogP contribution in [0.1, 0.15) is 64.7 Å². The van der Waals surface area contributed by atoms with E-state index < -0.39 is 0 Å². The molecular formula is C14H28N2O. The van der Waals surface area contributed by atoms with Crippen LogP contribution >= 0.6 is 0 Å². The maximum absolute atomic E-state index is 6.14. The third-order valence-corrected chi connectivity index (χ3v) is 4.68. The molecule has 2 atom stereocenters. The molecule has 0 amide bonds. The summed E-state index contributed by atoms with van der Waals surface area (Å²) in [6.07, 6.45) is 11.4. The first-order valence-electron chi connectivity index (χ1n) is 7.40. The quantitative estimate of drug-likeness (QED) is 0.587. The molecule has 100 valence electrons. The van der Waals surface area contributed by atoms with Gasteiger partial charge in [0.05, 0.1) is 5.60 Å². The van der Waals surface area contributed by atoms with Crippen molar-refractivity contribution in [1.82, 2.24) is 5.43 Å². The highest BCUT2D eigenvalue weighted by atomic mass is 16.5. The molecule has 3 N–H and O–H groups in total. The molecule has 2 rings (SSSR count). The average molecular weight is 240 g/mol. The molecule has 3 heteroatoms. The summed E-state index contributed by atoms with van der Waals surface area (Å²) in [5.74, 6) is 6.43. The number of rotatable bonds is 4. The highest BCUT2D eigenvalue weighted by Crippen LogP contribution is 2.41. The van der Waals surface area contributed by atoms with Crippen LogP contribution in [-0.2, 0) is 4.74 Å². The van der Waals surface area contributed by atoms with Crippen LogP contribution in [-0.4, -0.2) is 18.2 Å². The van der Waals surface area contributed by atoms with Gasteiger partial charge in [-0.05, 0) is 38.0 Å². The Hall–Kier alpha value is -0.120. The highest BCUT2D eigenvalue weighted by molar-refractivity contribution is 4.92. The van der Waals surface area contributed by atoms with Gasteiger partial charge in [0.1, 0.15) is 0 Å². The van der Waals surface area contributed by atoms with Crippen molar-refractivity contribution in [3.05, 3.63) is 0 Å². The van der Waals surface area contributed by atoms with E-state index in [9.17, 15) is 0 Å². The molecule has 2 aliphatic rings. The third-order valence-electron chi connectivity index (χ3n) is 4.68. The van der Waals surface area contributed by atoms with Gasteiger partial charge in [-0.1, -0.05) is 32.6 Å². The van der Waals surface area contributed by atoms with E-state index in [-0.39, 0.29) is 5.60 Å². The van der Waals surface area contributed by atoms with Crippen LogP contribution in [0.15, 0.2) is 0 Å². The third kappa shape index (κ3) is 3.21. The second-order valence-corrected chi connectivity index (χ2v) is 5.91. The second-order valence-electron chi connectivity index (χ2n) is 5.91. The summed E-state index contributed by atoms with van der Waals surface area (Å²) in [7, 11) is 0. The molecule has 2 fully saturated rings. The zero-order valence-electron chi connectivity index (χ0n) is 11.2. The Morgan fingerprint density at radius 3 is 2.76 bits per heavy atom. The average Bonchev–Trinajstić information content (AvgIpc) is 2.37. The Labute approximate surface area is 105 Å². The normalized spacial score (nSPS) is 30.4. The lowest BCUT2D eigenvalue weighted by Gasteiger charge is -2.45. The first-order valence-corrected chi connectivity index (χ1v) is 7.40. The number of nitrogens with one attached hydrogen (secondary N) is 1. The molecule has 0 aromatic heterocycles. The van der Waals surface area contributed by atoms with E-state index in [4.69, 9.17) is 10.6 Å². The maximum Gasteiger partial charge on any atom is 0.0685 e. The van der Waals surface area contributed by atoms with Gasteiger partial charge in [0.25, 0.3) is 0 Å². The van der Waals surface area contributed by atoms with Crippen LogP contribution in [0, 0.1) is 5.92 Å². The predicted octanol–water partition coefficient (Wildman–Crippen LogP) is 2.75. The zero-order chi connectivity index (χ0) is 12.1. The molecular weight excluding hydrogens is 212 g/mol. The van der Waals surface area contributed by atoms with Crippen molar-refractivity contribution in [2.75, 3.05) is 6.61 Å². The highest BCUT2D eigenvalue weighted by Gasteiger charge is 2.40. The van der Waals surface area contributed by atoms with Crippen LogP contribution in [0.2, 0.25) is 0 Å². The minimum atomic E-state index is 0.212. The van der Waals surface area contributed by atoms with E-state index in [1.807, 2.05) is 0 Å². The second kappa shape index (κ2) is 6.17. The van der Waals surface area contributed by atoms with Crippen LogP contribution in [0.5, 0.6) is 0 Å². The molecule has 1 spiro atoms. The number of hydrogen-bond donors (Lipinski definition) is 2. The Morgan fingerprint density at radius 1 is 1.35 bits per heavy atom. The number of ether oxygens (including phenoxy) is 1. The van der Waals surface area contributed by atoms with Crippen LogP contribution in [0.4, 0.5) is 0 Å². The Bertz CT molecular complexity index is 221. The summed E-state index contributed by atoms with van der Waals surface area (Å²) >= 11 is 0. The molecule has 0 radical (unpaired) electrons. The molecule has 1 saturated carbocycles. The predicted molar refractivity (Wildman–Crippen MR) is 70.5 cm³/mol. The van der Waals surface area contributed by atoms with Gasteiger partial charge < -0.3 is 4.74 Å². The largest absolute Gasteiger partial charge is 0.375 e. The lowest BCUT2D eigenvalue weighted by Crippen LogP contribution is -2.49. The van der Waals surface area contributed by atoms with Gasteiger partial charge in [0.2, 0.25) is 0 Å². The first kappa shape index (κ1) is 13.3. The van der Waals surface area contributed by atoms with Gasteiger partial charge in [-0.3, -0.25) is 11.3 Å². The van der Waals surface area contributed by atoms with Crippen molar-refractivity contribution in [1.29, 1.82) is 0 Å². The number of hydrazine groups is 1. The van der Waals surface area contributed by atoms with Gasteiger partial charge in [-0.2, -0.15) is 0 Å². The fraction of sp³-hybridized carbons (Fsp3) is 1.00. The number of nitrogens with two attached hydrogens (primary N) is 1. The van der Waals surface area contributed by atoms with Crippen molar-refractivity contribution in [2.45, 2.75) is 76.4 Å². The molecule has 1 saturated heterocycles. The molecule has 0 aromatic rings. The Morgan fingerprint density at radius 2 is 2.12 bits per heavy atom. The van der Waals surface area contributed by atoms with E-state index >= 15 is 0 Å². The standard InChI is InChI=1S/C14H28N2O/c1-2-6-13(16-15)12-7-10-17-14(11-12)8-4-3-5-9-14/h12-13,16H,2-11,15H2,1H3.